The van der Waals surface area contributed by atoms with Crippen molar-refractivity contribution >= 4 is 0 Å². The van der Waals surface area contributed by atoms with Crippen molar-refractivity contribution < 1.29 is 14.2 Å². The first-order valence-electron chi connectivity index (χ1n) is 4.43. The molecule has 0 heterocycles. The van der Waals surface area contributed by atoms with Crippen LogP contribution in [-0.2, 0) is 5.54 Å². The number of nitrogens with two attached hydrogens (primary N) is 1. The van der Waals surface area contributed by atoms with Gasteiger partial charge in [0.2, 0.25) is 0 Å². The van der Waals surface area contributed by atoms with Crippen LogP contribution in [0, 0.1) is 5.82 Å². The van der Waals surface area contributed by atoms with Crippen molar-refractivity contribution in [2.75, 3.05) is 7.11 Å². The van der Waals surface area contributed by atoms with Crippen molar-refractivity contribution in [2.45, 2.75) is 18.4 Å². The third-order valence-corrected chi connectivity index (χ3v) is 2.59. The molecule has 3 nitrogen and oxygen atoms in total. The first-order valence-corrected chi connectivity index (χ1v) is 4.43. The largest absolute Gasteiger partial charge is 0.504 e. The van der Waals surface area contributed by atoms with E-state index in [9.17, 15) is 9.50 Å². The molecular weight excluding hydrogens is 185 g/mol. The summed E-state index contributed by atoms with van der Waals surface area (Å²) < 4.78 is 18.3. The quantitative estimate of drug-likeness (QED) is 0.755. The zero-order valence-electron chi connectivity index (χ0n) is 7.88. The summed E-state index contributed by atoms with van der Waals surface area (Å²) in [5, 5.41) is 9.30. The number of hydrogen-bond acceptors (Lipinski definition) is 3. The predicted molar refractivity (Wildman–Crippen MR) is 49.7 cm³/mol. The second-order valence-electron chi connectivity index (χ2n) is 3.66. The molecule has 14 heavy (non-hydrogen) atoms. The van der Waals surface area contributed by atoms with Crippen LogP contribution in [0.15, 0.2) is 12.1 Å². The fraction of sp³-hybridized carbons (Fsp3) is 0.400. The maximum atomic E-state index is 13.4. The van der Waals surface area contributed by atoms with E-state index in [1.165, 1.54) is 13.2 Å². The average molecular weight is 197 g/mol. The van der Waals surface area contributed by atoms with Crippen LogP contribution in [0.25, 0.3) is 0 Å². The Hall–Kier alpha value is -1.29. The van der Waals surface area contributed by atoms with E-state index in [0.717, 1.165) is 18.9 Å². The van der Waals surface area contributed by atoms with Crippen LogP contribution in [0.3, 0.4) is 0 Å². The molecule has 0 spiro atoms. The number of ether oxygens (including phenoxy) is 1. The number of hydrogen-bond donors (Lipinski definition) is 2. The minimum Gasteiger partial charge on any atom is -0.504 e. The molecule has 1 aromatic rings. The third kappa shape index (κ3) is 1.32. The topological polar surface area (TPSA) is 55.5 Å². The van der Waals surface area contributed by atoms with E-state index in [-0.39, 0.29) is 11.5 Å². The molecule has 1 aliphatic rings. The van der Waals surface area contributed by atoms with Gasteiger partial charge in [0.1, 0.15) is 5.82 Å². The highest BCUT2D eigenvalue weighted by molar-refractivity contribution is 5.46. The van der Waals surface area contributed by atoms with Crippen molar-refractivity contribution in [2.24, 2.45) is 5.73 Å². The van der Waals surface area contributed by atoms with Gasteiger partial charge in [-0.15, -0.1) is 0 Å². The van der Waals surface area contributed by atoms with Gasteiger partial charge in [0.15, 0.2) is 11.5 Å². The van der Waals surface area contributed by atoms with Gasteiger partial charge >= 0.3 is 0 Å². The Balaban J connectivity index is 2.50. The summed E-state index contributed by atoms with van der Waals surface area (Å²) in [6.45, 7) is 0. The maximum Gasteiger partial charge on any atom is 0.161 e. The van der Waals surface area contributed by atoms with Crippen molar-refractivity contribution in [1.82, 2.24) is 0 Å². The molecule has 0 bridgehead atoms. The molecule has 0 aromatic heterocycles. The van der Waals surface area contributed by atoms with Gasteiger partial charge in [0, 0.05) is 17.2 Å². The molecule has 0 saturated heterocycles. The molecule has 0 unspecified atom stereocenters. The lowest BCUT2D eigenvalue weighted by Gasteiger charge is -2.12. The number of benzene rings is 1. The highest BCUT2D eigenvalue weighted by atomic mass is 19.1. The molecule has 4 heteroatoms. The Morgan fingerprint density at radius 1 is 1.50 bits per heavy atom. The lowest BCUT2D eigenvalue weighted by molar-refractivity contribution is 0.369. The molecule has 1 aromatic carbocycles. The normalized spacial score (nSPS) is 17.9. The fourth-order valence-electron chi connectivity index (χ4n) is 1.49. The molecule has 0 radical (unpaired) electrons. The molecule has 0 amide bonds. The van der Waals surface area contributed by atoms with Gasteiger partial charge in [-0.05, 0) is 18.9 Å². The first kappa shape index (κ1) is 9.27. The van der Waals surface area contributed by atoms with Crippen LogP contribution in [0.4, 0.5) is 4.39 Å². The lowest BCUT2D eigenvalue weighted by atomic mass is 10.0. The van der Waals surface area contributed by atoms with Crippen molar-refractivity contribution in [3.8, 4) is 11.5 Å². The minimum absolute atomic E-state index is 0.196. The van der Waals surface area contributed by atoms with Gasteiger partial charge in [0.25, 0.3) is 0 Å². The number of halogens is 1. The molecule has 3 N–H and O–H groups in total. The maximum absolute atomic E-state index is 13.4. The highest BCUT2D eigenvalue weighted by Crippen LogP contribution is 2.46. The minimum atomic E-state index is -0.551. The second-order valence-corrected chi connectivity index (χ2v) is 3.66. The molecule has 1 saturated carbocycles. The average Bonchev–Trinajstić information content (AvgIpc) is 2.85. The van der Waals surface area contributed by atoms with Gasteiger partial charge in [-0.3, -0.25) is 0 Å². The smallest absolute Gasteiger partial charge is 0.161 e. The molecule has 0 atom stereocenters. The second kappa shape index (κ2) is 2.85. The third-order valence-electron chi connectivity index (χ3n) is 2.59. The Morgan fingerprint density at radius 3 is 2.64 bits per heavy atom. The Kier molecular flexibility index (Phi) is 1.89. The fourth-order valence-corrected chi connectivity index (χ4v) is 1.49. The summed E-state index contributed by atoms with van der Waals surface area (Å²) in [6.07, 6.45) is 1.55. The van der Waals surface area contributed by atoms with Crippen LogP contribution in [0.5, 0.6) is 11.5 Å². The summed E-state index contributed by atoms with van der Waals surface area (Å²) in [5.74, 6) is -0.403. The SMILES string of the molecule is COc1cc(C2(N)CC2)c(F)cc1O. The van der Waals surface area contributed by atoms with Gasteiger partial charge in [-0.25, -0.2) is 4.39 Å². The van der Waals surface area contributed by atoms with E-state index in [1.54, 1.807) is 0 Å². The zero-order valence-corrected chi connectivity index (χ0v) is 7.88. The summed E-state index contributed by atoms with van der Waals surface area (Å²) in [4.78, 5) is 0. The van der Waals surface area contributed by atoms with Crippen LogP contribution >= 0.6 is 0 Å². The lowest BCUT2D eigenvalue weighted by Crippen LogP contribution is -2.20. The zero-order chi connectivity index (χ0) is 10.3. The van der Waals surface area contributed by atoms with Crippen molar-refractivity contribution in [3.05, 3.63) is 23.5 Å². The van der Waals surface area contributed by atoms with Crippen molar-refractivity contribution in [1.29, 1.82) is 0 Å². The summed E-state index contributed by atoms with van der Waals surface area (Å²) in [6, 6.07) is 2.51. The number of phenolic OH excluding ortho intramolecular Hbond substituents is 1. The van der Waals surface area contributed by atoms with E-state index >= 15 is 0 Å². The molecule has 1 aliphatic carbocycles. The van der Waals surface area contributed by atoms with Crippen molar-refractivity contribution in [3.63, 3.8) is 0 Å². The molecule has 76 valence electrons. The molecule has 1 fully saturated rings. The monoisotopic (exact) mass is 197 g/mol. The Labute approximate surface area is 81.3 Å². The standard InChI is InChI=1S/C10H12FNO2/c1-14-9-4-6(10(12)2-3-10)7(11)5-8(9)13/h4-5,13H,2-3,12H2,1H3. The van der Waals surface area contributed by atoms with Gasteiger partial charge in [0.05, 0.1) is 7.11 Å². The van der Waals surface area contributed by atoms with E-state index in [1.807, 2.05) is 0 Å². The van der Waals surface area contributed by atoms with Crippen LogP contribution < -0.4 is 10.5 Å². The number of aromatic hydroxyl groups is 1. The van der Waals surface area contributed by atoms with E-state index in [2.05, 4.69) is 0 Å². The number of phenols is 1. The van der Waals surface area contributed by atoms with Crippen LogP contribution in [0.2, 0.25) is 0 Å². The van der Waals surface area contributed by atoms with Gasteiger partial charge < -0.3 is 15.6 Å². The Morgan fingerprint density at radius 2 is 2.14 bits per heavy atom. The number of rotatable bonds is 2. The van der Waals surface area contributed by atoms with Crippen LogP contribution in [-0.4, -0.2) is 12.2 Å². The molecule has 0 aliphatic heterocycles. The highest BCUT2D eigenvalue weighted by Gasteiger charge is 2.42. The van der Waals surface area contributed by atoms with Gasteiger partial charge in [-0.2, -0.15) is 0 Å². The molecular formula is C10H12FNO2. The van der Waals surface area contributed by atoms with Gasteiger partial charge in [-0.1, -0.05) is 0 Å². The first-order chi connectivity index (χ1) is 6.57. The summed E-state index contributed by atoms with van der Waals surface area (Å²) >= 11 is 0. The predicted octanol–water partition coefficient (Wildman–Crippen LogP) is 1.49. The van der Waals surface area contributed by atoms with E-state index in [4.69, 9.17) is 10.5 Å². The molecule has 2 rings (SSSR count). The number of methoxy groups -OCH3 is 1. The van der Waals surface area contributed by atoms with E-state index in [0.29, 0.717) is 5.56 Å². The van der Waals surface area contributed by atoms with Crippen LogP contribution in [0.1, 0.15) is 18.4 Å². The van der Waals surface area contributed by atoms with E-state index < -0.39 is 11.4 Å². The summed E-state index contributed by atoms with van der Waals surface area (Å²) in [7, 11) is 1.42. The Bertz CT molecular complexity index is 375. The summed E-state index contributed by atoms with van der Waals surface area (Å²) in [5.41, 5.74) is 5.74.